The normalized spacial score (nSPS) is 14.9. The second kappa shape index (κ2) is 4.12. The van der Waals surface area contributed by atoms with E-state index >= 15 is 0 Å². The first-order valence-corrected chi connectivity index (χ1v) is 4.99. The van der Waals surface area contributed by atoms with E-state index in [2.05, 4.69) is 4.98 Å². The molecule has 0 amide bonds. The Bertz CT molecular complexity index is 597. The number of imidazole rings is 1. The summed E-state index contributed by atoms with van der Waals surface area (Å²) < 4.78 is 76.1. The Labute approximate surface area is 102 Å². The average molecular weight is 283 g/mol. The van der Waals surface area contributed by atoms with Crippen LogP contribution in [0.5, 0.6) is 0 Å². The third-order valence-electron chi connectivity index (χ3n) is 2.48. The summed E-state index contributed by atoms with van der Waals surface area (Å²) in [6.07, 6.45) is -8.75. The highest BCUT2D eigenvalue weighted by Crippen LogP contribution is 2.36. The third kappa shape index (κ3) is 2.37. The quantitative estimate of drug-likeness (QED) is 0.818. The zero-order valence-electron chi connectivity index (χ0n) is 9.13. The SMILES string of the molecule is NC(c1nc(C(F)(F)F)n2ccccc12)C(F)(F)F. The summed E-state index contributed by atoms with van der Waals surface area (Å²) in [5.74, 6) is -1.43. The van der Waals surface area contributed by atoms with Gasteiger partial charge in [-0.05, 0) is 12.1 Å². The number of aromatic nitrogens is 2. The Morgan fingerprint density at radius 1 is 1.11 bits per heavy atom. The Morgan fingerprint density at radius 2 is 1.74 bits per heavy atom. The number of halogens is 6. The Kier molecular flexibility index (Phi) is 2.96. The lowest BCUT2D eigenvalue weighted by Gasteiger charge is -2.13. The van der Waals surface area contributed by atoms with Gasteiger partial charge in [-0.2, -0.15) is 26.3 Å². The van der Waals surface area contributed by atoms with Crippen LogP contribution in [0, 0.1) is 0 Å². The van der Waals surface area contributed by atoms with Crippen LogP contribution in [-0.4, -0.2) is 15.6 Å². The molecule has 1 unspecified atom stereocenters. The minimum absolute atomic E-state index is 0.320. The number of hydrogen-bond donors (Lipinski definition) is 1. The van der Waals surface area contributed by atoms with Crippen LogP contribution in [0.3, 0.4) is 0 Å². The molecule has 2 aromatic heterocycles. The summed E-state index contributed by atoms with van der Waals surface area (Å²) in [4.78, 5) is 3.02. The average Bonchev–Trinajstić information content (AvgIpc) is 2.65. The molecule has 0 aliphatic heterocycles. The van der Waals surface area contributed by atoms with Gasteiger partial charge in [-0.1, -0.05) is 6.07 Å². The molecule has 2 heterocycles. The number of rotatable bonds is 1. The van der Waals surface area contributed by atoms with Crippen molar-refractivity contribution in [2.45, 2.75) is 18.4 Å². The highest BCUT2D eigenvalue weighted by molar-refractivity contribution is 5.55. The molecule has 0 spiro atoms. The number of nitrogens with two attached hydrogens (primary N) is 1. The summed E-state index contributed by atoms with van der Waals surface area (Å²) in [5, 5.41) is 0. The molecule has 19 heavy (non-hydrogen) atoms. The first-order chi connectivity index (χ1) is 8.62. The molecule has 2 N–H and O–H groups in total. The Hall–Kier alpha value is -1.77. The molecule has 0 aliphatic carbocycles. The summed E-state index contributed by atoms with van der Waals surface area (Å²) >= 11 is 0. The van der Waals surface area contributed by atoms with E-state index in [0.717, 1.165) is 12.3 Å². The molecule has 104 valence electrons. The highest BCUT2D eigenvalue weighted by atomic mass is 19.4. The second-order valence-corrected chi connectivity index (χ2v) is 3.79. The molecule has 3 nitrogen and oxygen atoms in total. The van der Waals surface area contributed by atoms with E-state index in [9.17, 15) is 26.3 Å². The molecule has 0 aromatic carbocycles. The summed E-state index contributed by atoms with van der Waals surface area (Å²) in [5.41, 5.74) is 3.76. The topological polar surface area (TPSA) is 43.3 Å². The molecule has 0 fully saturated rings. The van der Waals surface area contributed by atoms with E-state index in [-0.39, 0.29) is 5.52 Å². The Morgan fingerprint density at radius 3 is 2.26 bits per heavy atom. The van der Waals surface area contributed by atoms with Gasteiger partial charge >= 0.3 is 12.4 Å². The van der Waals surface area contributed by atoms with Crippen LogP contribution in [-0.2, 0) is 6.18 Å². The van der Waals surface area contributed by atoms with Gasteiger partial charge in [0, 0.05) is 6.20 Å². The lowest BCUT2D eigenvalue weighted by atomic mass is 10.2. The lowest BCUT2D eigenvalue weighted by molar-refractivity contribution is -0.152. The first-order valence-electron chi connectivity index (χ1n) is 4.99. The van der Waals surface area contributed by atoms with E-state index in [1.165, 1.54) is 12.1 Å². The Balaban J connectivity index is 2.70. The predicted octanol–water partition coefficient (Wildman–Crippen LogP) is 2.92. The molecule has 0 aliphatic rings. The maximum Gasteiger partial charge on any atom is 0.450 e. The molecule has 0 saturated carbocycles. The van der Waals surface area contributed by atoms with Crippen molar-refractivity contribution in [2.75, 3.05) is 0 Å². The highest BCUT2D eigenvalue weighted by Gasteiger charge is 2.43. The summed E-state index contributed by atoms with van der Waals surface area (Å²) in [6, 6.07) is 1.10. The van der Waals surface area contributed by atoms with Crippen molar-refractivity contribution in [3.8, 4) is 0 Å². The fourth-order valence-electron chi connectivity index (χ4n) is 1.65. The van der Waals surface area contributed by atoms with E-state index < -0.39 is 29.9 Å². The first kappa shape index (κ1) is 13.7. The van der Waals surface area contributed by atoms with Crippen LogP contribution in [0.4, 0.5) is 26.3 Å². The van der Waals surface area contributed by atoms with E-state index in [0.29, 0.717) is 4.40 Å². The summed E-state index contributed by atoms with van der Waals surface area (Å²) in [6.45, 7) is 0. The van der Waals surface area contributed by atoms with Crippen LogP contribution in [0.1, 0.15) is 17.6 Å². The zero-order chi connectivity index (χ0) is 14.4. The van der Waals surface area contributed by atoms with Crippen LogP contribution in [0.2, 0.25) is 0 Å². The number of pyridine rings is 1. The molecular weight excluding hydrogens is 276 g/mol. The van der Waals surface area contributed by atoms with Gasteiger partial charge in [0.15, 0.2) is 0 Å². The van der Waals surface area contributed by atoms with Crippen molar-refractivity contribution in [1.82, 2.24) is 9.38 Å². The molecule has 2 aromatic rings. The van der Waals surface area contributed by atoms with E-state index in [4.69, 9.17) is 5.73 Å². The summed E-state index contributed by atoms with van der Waals surface area (Å²) in [7, 11) is 0. The van der Waals surface area contributed by atoms with Gasteiger partial charge in [-0.25, -0.2) is 4.98 Å². The van der Waals surface area contributed by atoms with Crippen LogP contribution < -0.4 is 5.73 Å². The third-order valence-corrected chi connectivity index (χ3v) is 2.48. The molecule has 0 radical (unpaired) electrons. The van der Waals surface area contributed by atoms with Gasteiger partial charge in [0.25, 0.3) is 0 Å². The standard InChI is InChI=1S/C10H7F6N3/c11-9(12,13)7(17)6-5-3-1-2-4-19(5)8(18-6)10(14,15)16/h1-4,7H,17H2. The van der Waals surface area contributed by atoms with Crippen LogP contribution in [0.25, 0.3) is 5.52 Å². The number of hydrogen-bond acceptors (Lipinski definition) is 2. The maximum atomic E-state index is 12.7. The van der Waals surface area contributed by atoms with E-state index in [1.54, 1.807) is 0 Å². The van der Waals surface area contributed by atoms with Gasteiger partial charge in [0.1, 0.15) is 6.04 Å². The number of nitrogens with zero attached hydrogens (tertiary/aromatic N) is 2. The van der Waals surface area contributed by atoms with Crippen molar-refractivity contribution in [1.29, 1.82) is 0 Å². The molecule has 9 heteroatoms. The minimum atomic E-state index is -4.87. The molecule has 0 saturated heterocycles. The lowest BCUT2D eigenvalue weighted by Crippen LogP contribution is -2.29. The van der Waals surface area contributed by atoms with Crippen molar-refractivity contribution < 1.29 is 26.3 Å². The fourth-order valence-corrected chi connectivity index (χ4v) is 1.65. The van der Waals surface area contributed by atoms with Crippen LogP contribution >= 0.6 is 0 Å². The number of alkyl halides is 6. The van der Waals surface area contributed by atoms with Gasteiger partial charge in [-0.3, -0.25) is 4.40 Å². The van der Waals surface area contributed by atoms with Crippen molar-refractivity contribution in [3.05, 3.63) is 35.9 Å². The minimum Gasteiger partial charge on any atom is -0.315 e. The zero-order valence-corrected chi connectivity index (χ0v) is 9.13. The van der Waals surface area contributed by atoms with Crippen LogP contribution in [0.15, 0.2) is 24.4 Å². The predicted molar refractivity (Wildman–Crippen MR) is 53.2 cm³/mol. The molecule has 1 atom stereocenters. The van der Waals surface area contributed by atoms with Gasteiger partial charge in [0.2, 0.25) is 5.82 Å². The number of fused-ring (bicyclic) bond motifs is 1. The second-order valence-electron chi connectivity index (χ2n) is 3.79. The van der Waals surface area contributed by atoms with Crippen molar-refractivity contribution >= 4 is 5.52 Å². The monoisotopic (exact) mass is 283 g/mol. The van der Waals surface area contributed by atoms with Gasteiger partial charge < -0.3 is 5.73 Å². The fraction of sp³-hybridized carbons (Fsp3) is 0.300. The molecule has 0 bridgehead atoms. The molecular formula is C10H7F6N3. The smallest absolute Gasteiger partial charge is 0.315 e. The molecule has 2 rings (SSSR count). The maximum absolute atomic E-state index is 12.7. The van der Waals surface area contributed by atoms with E-state index in [1.807, 2.05) is 0 Å². The van der Waals surface area contributed by atoms with Gasteiger partial charge in [-0.15, -0.1) is 0 Å². The van der Waals surface area contributed by atoms with Crippen molar-refractivity contribution in [2.24, 2.45) is 5.73 Å². The van der Waals surface area contributed by atoms with Crippen molar-refractivity contribution in [3.63, 3.8) is 0 Å². The van der Waals surface area contributed by atoms with Gasteiger partial charge in [0.05, 0.1) is 11.2 Å². The largest absolute Gasteiger partial charge is 0.450 e.